The molecular weight excluding hydrogens is 204 g/mol. The van der Waals surface area contributed by atoms with Crippen molar-refractivity contribution in [3.63, 3.8) is 0 Å². The van der Waals surface area contributed by atoms with Gasteiger partial charge in [0.15, 0.2) is 0 Å². The minimum Gasteiger partial charge on any atom is -0.496 e. The molecule has 1 nitrogen and oxygen atoms in total. The van der Waals surface area contributed by atoms with Crippen molar-refractivity contribution in [2.24, 2.45) is 5.92 Å². The Kier molecular flexibility index (Phi) is 3.66. The molecule has 0 atom stereocenters. The van der Waals surface area contributed by atoms with Crippen LogP contribution in [0.5, 0.6) is 5.75 Å². The van der Waals surface area contributed by atoms with Gasteiger partial charge in [-0.3, -0.25) is 0 Å². The molecule has 0 aliphatic rings. The maximum Gasteiger partial charge on any atom is 0.513 e. The zero-order valence-electron chi connectivity index (χ0n) is 8.71. The summed E-state index contributed by atoms with van der Waals surface area (Å²) in [4.78, 5) is 0. The van der Waals surface area contributed by atoms with Gasteiger partial charge in [0.05, 0.1) is 12.4 Å². The summed E-state index contributed by atoms with van der Waals surface area (Å²) in [5.41, 5.74) is -0.654. The van der Waals surface area contributed by atoms with E-state index in [0.717, 1.165) is 6.07 Å². The van der Waals surface area contributed by atoms with E-state index in [1.54, 1.807) is 6.07 Å². The van der Waals surface area contributed by atoms with Crippen molar-refractivity contribution in [1.29, 1.82) is 0 Å². The Bertz CT molecular complexity index is 323. The Labute approximate surface area is 87.3 Å². The van der Waals surface area contributed by atoms with Crippen LogP contribution >= 0.6 is 0 Å². The fourth-order valence-corrected chi connectivity index (χ4v) is 1.14. The van der Waals surface area contributed by atoms with Crippen molar-refractivity contribution in [1.82, 2.24) is 0 Å². The molecule has 0 unspecified atom stereocenters. The lowest BCUT2D eigenvalue weighted by Crippen LogP contribution is -2.35. The van der Waals surface area contributed by atoms with Gasteiger partial charge in [-0.1, -0.05) is 37.5 Å². The average molecular weight is 217 g/mol. The molecule has 0 amide bonds. The van der Waals surface area contributed by atoms with Gasteiger partial charge in [-0.05, 0) is 12.0 Å². The largest absolute Gasteiger partial charge is 0.513 e. The quantitative estimate of drug-likeness (QED) is 0.704. The smallest absolute Gasteiger partial charge is 0.496 e. The third-order valence-corrected chi connectivity index (χ3v) is 1.84. The van der Waals surface area contributed by atoms with Crippen LogP contribution < -0.4 is 10.2 Å². The van der Waals surface area contributed by atoms with Gasteiger partial charge in [-0.15, -0.1) is 0 Å². The van der Waals surface area contributed by atoms with Crippen LogP contribution in [0.3, 0.4) is 0 Å². The van der Waals surface area contributed by atoms with E-state index in [9.17, 15) is 12.9 Å². The van der Waals surface area contributed by atoms with E-state index in [1.165, 1.54) is 12.1 Å². The normalized spacial score (nSPS) is 11.9. The third-order valence-electron chi connectivity index (χ3n) is 1.84. The summed E-state index contributed by atoms with van der Waals surface area (Å²) in [5, 5.41) is 0. The molecule has 15 heavy (non-hydrogen) atoms. The summed E-state index contributed by atoms with van der Waals surface area (Å²) in [6.45, 7) is -0.918. The second-order valence-electron chi connectivity index (χ2n) is 3.82. The van der Waals surface area contributed by atoms with Gasteiger partial charge in [-0.2, -0.15) is 0 Å². The molecule has 0 N–H and O–H groups in total. The van der Waals surface area contributed by atoms with Crippen LogP contribution in [-0.2, 0) is 0 Å². The Morgan fingerprint density at radius 3 is 2.33 bits per heavy atom. The lowest BCUT2D eigenvalue weighted by atomic mass is 9.79. The highest BCUT2D eigenvalue weighted by atomic mass is 19.4. The number of hydrogen-bond acceptors (Lipinski definition) is 1. The first kappa shape index (κ1) is 11.9. The van der Waals surface area contributed by atoms with E-state index in [1.807, 2.05) is 13.8 Å². The van der Waals surface area contributed by atoms with Crippen LogP contribution in [0.15, 0.2) is 24.3 Å². The summed E-state index contributed by atoms with van der Waals surface area (Å²) in [7, 11) is 0. The van der Waals surface area contributed by atoms with E-state index in [0.29, 0.717) is 6.61 Å². The molecule has 1 aromatic carbocycles. The van der Waals surface area contributed by atoms with Gasteiger partial charge in [-0.25, -0.2) is 0 Å². The molecule has 1 rings (SSSR count). The zero-order valence-corrected chi connectivity index (χ0v) is 8.71. The topological polar surface area (TPSA) is 9.23 Å². The zero-order chi connectivity index (χ0) is 11.5. The van der Waals surface area contributed by atoms with Crippen LogP contribution in [0.1, 0.15) is 13.8 Å². The number of ether oxygens (including phenoxy) is 1. The Balaban J connectivity index is 2.87. The SMILES string of the molecule is CC(C)COc1ccccc1[B-](F)(F)F. The van der Waals surface area contributed by atoms with Crippen LogP contribution in [0.25, 0.3) is 0 Å². The molecular formula is C10H13BF3O-. The molecule has 84 valence electrons. The van der Waals surface area contributed by atoms with Crippen molar-refractivity contribution in [2.75, 3.05) is 6.61 Å². The molecule has 0 saturated carbocycles. The molecule has 0 fully saturated rings. The number of halogens is 3. The van der Waals surface area contributed by atoms with E-state index in [2.05, 4.69) is 0 Å². The summed E-state index contributed by atoms with van der Waals surface area (Å²) in [5.74, 6) is 0.137. The maximum atomic E-state index is 12.6. The molecule has 0 aliphatic heterocycles. The Morgan fingerprint density at radius 2 is 1.80 bits per heavy atom. The highest BCUT2D eigenvalue weighted by molar-refractivity contribution is 6.74. The molecule has 0 bridgehead atoms. The van der Waals surface area contributed by atoms with Gasteiger partial charge in [0.2, 0.25) is 0 Å². The van der Waals surface area contributed by atoms with E-state index < -0.39 is 12.4 Å². The Hall–Kier alpha value is -1.13. The van der Waals surface area contributed by atoms with Crippen molar-refractivity contribution in [2.45, 2.75) is 13.8 Å². The van der Waals surface area contributed by atoms with Crippen LogP contribution in [-0.4, -0.2) is 13.6 Å². The van der Waals surface area contributed by atoms with E-state index >= 15 is 0 Å². The minimum absolute atomic E-state index is 0.0706. The predicted molar refractivity (Wildman–Crippen MR) is 55.5 cm³/mol. The Morgan fingerprint density at radius 1 is 1.20 bits per heavy atom. The van der Waals surface area contributed by atoms with Crippen LogP contribution in [0.4, 0.5) is 12.9 Å². The first-order chi connectivity index (χ1) is 6.91. The molecule has 0 aromatic heterocycles. The number of hydrogen-bond donors (Lipinski definition) is 0. The van der Waals surface area contributed by atoms with Gasteiger partial charge < -0.3 is 17.7 Å². The van der Waals surface area contributed by atoms with E-state index in [4.69, 9.17) is 4.74 Å². The fraction of sp³-hybridized carbons (Fsp3) is 0.400. The first-order valence-corrected chi connectivity index (χ1v) is 4.83. The predicted octanol–water partition coefficient (Wildman–Crippen LogP) is 2.78. The molecule has 0 aliphatic carbocycles. The van der Waals surface area contributed by atoms with Crippen LogP contribution in [0, 0.1) is 5.92 Å². The molecule has 1 aromatic rings. The standard InChI is InChI=1S/C10H13BF3O/c1-8(2)7-15-10-6-4-3-5-9(10)11(12,13)14/h3-6,8H,7H2,1-2H3/q-1. The summed E-state index contributed by atoms with van der Waals surface area (Å²) in [6.07, 6.45) is 0. The first-order valence-electron chi connectivity index (χ1n) is 4.83. The van der Waals surface area contributed by atoms with Gasteiger partial charge in [0, 0.05) is 0 Å². The minimum atomic E-state index is -4.99. The van der Waals surface area contributed by atoms with Gasteiger partial charge in [0.1, 0.15) is 0 Å². The fourth-order valence-electron chi connectivity index (χ4n) is 1.14. The third kappa shape index (κ3) is 3.49. The molecule has 0 spiro atoms. The summed E-state index contributed by atoms with van der Waals surface area (Å²) < 4.78 is 42.8. The summed E-state index contributed by atoms with van der Waals surface area (Å²) >= 11 is 0. The highest BCUT2D eigenvalue weighted by Gasteiger charge is 2.28. The van der Waals surface area contributed by atoms with Gasteiger partial charge in [0.25, 0.3) is 0 Å². The number of benzene rings is 1. The monoisotopic (exact) mass is 217 g/mol. The van der Waals surface area contributed by atoms with Crippen molar-refractivity contribution in [3.8, 4) is 5.75 Å². The number of para-hydroxylation sites is 1. The van der Waals surface area contributed by atoms with Gasteiger partial charge >= 0.3 is 6.98 Å². The van der Waals surface area contributed by atoms with E-state index in [-0.39, 0.29) is 11.7 Å². The molecule has 0 heterocycles. The number of rotatable bonds is 4. The van der Waals surface area contributed by atoms with Crippen molar-refractivity contribution in [3.05, 3.63) is 24.3 Å². The second-order valence-corrected chi connectivity index (χ2v) is 3.82. The summed E-state index contributed by atoms with van der Waals surface area (Å²) in [6, 6.07) is 5.32. The average Bonchev–Trinajstić information content (AvgIpc) is 2.13. The maximum absolute atomic E-state index is 12.6. The molecule has 0 radical (unpaired) electrons. The second kappa shape index (κ2) is 4.60. The lowest BCUT2D eigenvalue weighted by molar-refractivity contribution is 0.272. The molecule has 5 heteroatoms. The highest BCUT2D eigenvalue weighted by Crippen LogP contribution is 2.17. The van der Waals surface area contributed by atoms with Crippen molar-refractivity contribution < 1.29 is 17.7 Å². The van der Waals surface area contributed by atoms with Crippen LogP contribution in [0.2, 0.25) is 0 Å². The van der Waals surface area contributed by atoms with Crippen molar-refractivity contribution >= 4 is 12.4 Å². The lowest BCUT2D eigenvalue weighted by Gasteiger charge is -2.20. The molecule has 0 saturated heterocycles.